The highest BCUT2D eigenvalue weighted by molar-refractivity contribution is 6.00. The van der Waals surface area contributed by atoms with Crippen LogP contribution in [0.5, 0.6) is 17.2 Å². The van der Waals surface area contributed by atoms with Gasteiger partial charge in [0.25, 0.3) is 0 Å². The molecule has 1 saturated carbocycles. The smallest absolute Gasteiger partial charge is 0.307 e. The molecule has 0 saturated heterocycles. The van der Waals surface area contributed by atoms with Crippen LogP contribution in [0.4, 0.5) is 5.69 Å². The number of benzene rings is 4. The number of carboxylic acid groups (broad SMARTS) is 1. The third kappa shape index (κ3) is 5.53. The number of fused-ring (bicyclic) bond motifs is 1. The quantitative estimate of drug-likeness (QED) is 0.163. The fourth-order valence-corrected chi connectivity index (χ4v) is 6.53. The summed E-state index contributed by atoms with van der Waals surface area (Å²) in [5, 5.41) is 13.3. The summed E-state index contributed by atoms with van der Waals surface area (Å²) < 4.78 is 23.3. The highest BCUT2D eigenvalue weighted by Crippen LogP contribution is 2.60. The number of hydrogen-bond acceptors (Lipinski definition) is 6. The predicted octanol–water partition coefficient (Wildman–Crippen LogP) is 6.12. The van der Waals surface area contributed by atoms with Gasteiger partial charge in [-0.2, -0.15) is 0 Å². The van der Waals surface area contributed by atoms with E-state index in [1.54, 1.807) is 14.2 Å². The molecule has 8 heteroatoms. The first-order valence-electron chi connectivity index (χ1n) is 14.2. The topological polar surface area (TPSA) is 103 Å². The number of hydrogen-bond donors (Lipinski definition) is 2. The second-order valence-electron chi connectivity index (χ2n) is 10.8. The van der Waals surface area contributed by atoms with Crippen molar-refractivity contribution in [2.45, 2.75) is 18.3 Å². The molecular weight excluding hydrogens is 546 g/mol. The zero-order valence-corrected chi connectivity index (χ0v) is 24.0. The van der Waals surface area contributed by atoms with Crippen molar-refractivity contribution in [2.24, 2.45) is 11.8 Å². The Morgan fingerprint density at radius 3 is 2.14 bits per heavy atom. The first-order chi connectivity index (χ1) is 21.0. The van der Waals surface area contributed by atoms with Gasteiger partial charge in [-0.1, -0.05) is 60.7 Å². The monoisotopic (exact) mass is 579 g/mol. The van der Waals surface area contributed by atoms with Crippen LogP contribution >= 0.6 is 0 Å². The lowest BCUT2D eigenvalue weighted by molar-refractivity contribution is -0.152. The van der Waals surface area contributed by atoms with E-state index in [1.165, 1.54) is 0 Å². The molecule has 2 unspecified atom stereocenters. The number of para-hydroxylation sites is 2. The molecule has 1 aliphatic carbocycles. The minimum absolute atomic E-state index is 0.00316. The second-order valence-corrected chi connectivity index (χ2v) is 10.8. The van der Waals surface area contributed by atoms with E-state index in [1.807, 2.05) is 91.0 Å². The second kappa shape index (κ2) is 12.2. The third-order valence-electron chi connectivity index (χ3n) is 8.50. The van der Waals surface area contributed by atoms with Gasteiger partial charge in [0, 0.05) is 17.5 Å². The summed E-state index contributed by atoms with van der Waals surface area (Å²) in [7, 11) is 3.19. The Balaban J connectivity index is 1.20. The van der Waals surface area contributed by atoms with Crippen molar-refractivity contribution in [2.75, 3.05) is 32.9 Å². The van der Waals surface area contributed by atoms with Gasteiger partial charge in [-0.15, -0.1) is 0 Å². The van der Waals surface area contributed by atoms with Crippen molar-refractivity contribution < 1.29 is 33.6 Å². The van der Waals surface area contributed by atoms with Crippen molar-refractivity contribution >= 4 is 17.6 Å². The van der Waals surface area contributed by atoms with Crippen molar-refractivity contribution in [1.82, 2.24) is 0 Å². The number of carbonyl (C=O) groups excluding carboxylic acids is 1. The van der Waals surface area contributed by atoms with Gasteiger partial charge in [0.1, 0.15) is 17.2 Å². The zero-order chi connectivity index (χ0) is 29.9. The van der Waals surface area contributed by atoms with E-state index < -0.39 is 11.9 Å². The fraction of sp³-hybridized carbons (Fsp3) is 0.257. The van der Waals surface area contributed by atoms with Crippen LogP contribution in [0, 0.1) is 11.8 Å². The third-order valence-corrected chi connectivity index (χ3v) is 8.50. The molecule has 4 atom stereocenters. The van der Waals surface area contributed by atoms with Crippen LogP contribution in [0.25, 0.3) is 11.1 Å². The number of anilines is 1. The average molecular weight is 580 g/mol. The SMILES string of the molecule is COc1ccccc1C1C(COCOc2cccc(-c3ccc4c(c3)NC(=O)C4)c2)[C@H](c2ccccc2OC)[C@@H]1C(=O)O. The Kier molecular flexibility index (Phi) is 8.03. The summed E-state index contributed by atoms with van der Waals surface area (Å²) in [5.41, 5.74) is 5.45. The molecule has 4 aromatic rings. The molecule has 8 nitrogen and oxygen atoms in total. The van der Waals surface area contributed by atoms with Crippen LogP contribution in [-0.4, -0.2) is 44.6 Å². The lowest BCUT2D eigenvalue weighted by Gasteiger charge is -2.50. The van der Waals surface area contributed by atoms with Gasteiger partial charge in [0.05, 0.1) is 33.2 Å². The Morgan fingerprint density at radius 2 is 1.49 bits per heavy atom. The Bertz CT molecular complexity index is 1600. The number of amides is 1. The fourth-order valence-electron chi connectivity index (χ4n) is 6.53. The molecule has 220 valence electrons. The summed E-state index contributed by atoms with van der Waals surface area (Å²) in [6.45, 7) is 0.272. The number of aliphatic carboxylic acids is 1. The molecule has 2 N–H and O–H groups in total. The summed E-state index contributed by atoms with van der Waals surface area (Å²) in [5.74, 6) is -0.421. The minimum atomic E-state index is -0.873. The standard InChI is InChI=1S/C35H33NO7/c1-40-29-12-5-3-10-25(29)32-27(33(34(32)35(38)39)26-11-4-6-13-30(26)41-2)19-42-20-43-24-9-7-8-21(16-24)22-14-15-23-18-31(37)36-28(23)17-22/h3-17,27,32-34H,18-20H2,1-2H3,(H,36,37)(H,38,39)/t27?,32-,33?,34-/m0/s1. The molecule has 1 heterocycles. The van der Waals surface area contributed by atoms with Gasteiger partial charge >= 0.3 is 5.97 Å². The van der Waals surface area contributed by atoms with Crippen LogP contribution in [0.1, 0.15) is 28.5 Å². The van der Waals surface area contributed by atoms with Crippen LogP contribution in [-0.2, 0) is 20.7 Å². The molecule has 0 aromatic heterocycles. The Labute approximate surface area is 250 Å². The van der Waals surface area contributed by atoms with E-state index in [4.69, 9.17) is 18.9 Å². The van der Waals surface area contributed by atoms with E-state index >= 15 is 0 Å². The maximum absolute atomic E-state index is 12.7. The van der Waals surface area contributed by atoms with Gasteiger partial charge < -0.3 is 29.4 Å². The van der Waals surface area contributed by atoms with Crippen molar-refractivity contribution in [3.8, 4) is 28.4 Å². The number of nitrogens with one attached hydrogen (secondary N) is 1. The molecule has 0 spiro atoms. The van der Waals surface area contributed by atoms with Crippen LogP contribution < -0.4 is 19.5 Å². The van der Waals surface area contributed by atoms with Gasteiger partial charge in [0.2, 0.25) is 5.91 Å². The molecule has 0 bridgehead atoms. The maximum atomic E-state index is 12.7. The summed E-state index contributed by atoms with van der Waals surface area (Å²) in [6.07, 6.45) is 0.403. The number of ether oxygens (including phenoxy) is 4. The van der Waals surface area contributed by atoms with Crippen molar-refractivity contribution in [3.05, 3.63) is 108 Å². The lowest BCUT2D eigenvalue weighted by atomic mass is 9.52. The number of methoxy groups -OCH3 is 2. The number of rotatable bonds is 11. The van der Waals surface area contributed by atoms with Crippen LogP contribution in [0.2, 0.25) is 0 Å². The van der Waals surface area contributed by atoms with E-state index in [-0.39, 0.29) is 37.1 Å². The van der Waals surface area contributed by atoms with Crippen LogP contribution in [0.3, 0.4) is 0 Å². The number of carbonyl (C=O) groups is 2. The average Bonchev–Trinajstić information content (AvgIpc) is 3.40. The molecule has 1 amide bonds. The molecule has 0 radical (unpaired) electrons. The van der Waals surface area contributed by atoms with E-state index in [9.17, 15) is 14.7 Å². The molecule has 6 rings (SSSR count). The summed E-state index contributed by atoms with van der Waals surface area (Å²) >= 11 is 0. The van der Waals surface area contributed by atoms with Gasteiger partial charge in [-0.05, 0) is 64.1 Å². The molecule has 43 heavy (non-hydrogen) atoms. The number of carboxylic acids is 1. The molecular formula is C35H33NO7. The van der Waals surface area contributed by atoms with Gasteiger partial charge in [0.15, 0.2) is 6.79 Å². The first-order valence-corrected chi connectivity index (χ1v) is 14.2. The highest BCUT2D eigenvalue weighted by atomic mass is 16.7. The van der Waals surface area contributed by atoms with E-state index in [0.29, 0.717) is 23.7 Å². The summed E-state index contributed by atoms with van der Waals surface area (Å²) in [6, 6.07) is 28.8. The maximum Gasteiger partial charge on any atom is 0.307 e. The van der Waals surface area contributed by atoms with Crippen LogP contribution in [0.15, 0.2) is 91.0 Å². The van der Waals surface area contributed by atoms with E-state index in [0.717, 1.165) is 33.5 Å². The molecule has 2 aliphatic rings. The van der Waals surface area contributed by atoms with Crippen molar-refractivity contribution in [1.29, 1.82) is 0 Å². The molecule has 4 aromatic carbocycles. The van der Waals surface area contributed by atoms with Gasteiger partial charge in [-0.3, -0.25) is 9.59 Å². The highest BCUT2D eigenvalue weighted by Gasteiger charge is 2.56. The Hall–Kier alpha value is -4.82. The Morgan fingerprint density at radius 1 is 0.837 bits per heavy atom. The minimum Gasteiger partial charge on any atom is -0.496 e. The predicted molar refractivity (Wildman–Crippen MR) is 162 cm³/mol. The first kappa shape index (κ1) is 28.3. The van der Waals surface area contributed by atoms with Gasteiger partial charge in [-0.25, -0.2) is 0 Å². The zero-order valence-electron chi connectivity index (χ0n) is 24.0. The van der Waals surface area contributed by atoms with E-state index in [2.05, 4.69) is 5.32 Å². The normalized spacial score (nSPS) is 20.5. The molecule has 1 fully saturated rings. The van der Waals surface area contributed by atoms with Crippen molar-refractivity contribution in [3.63, 3.8) is 0 Å². The lowest BCUT2D eigenvalue weighted by Crippen LogP contribution is -2.49. The molecule has 1 aliphatic heterocycles. The summed E-state index contributed by atoms with van der Waals surface area (Å²) in [4.78, 5) is 24.4. The largest absolute Gasteiger partial charge is 0.496 e.